The Morgan fingerprint density at radius 1 is 0.946 bits per heavy atom. The predicted octanol–water partition coefficient (Wildman–Crippen LogP) is 8.70. The first kappa shape index (κ1) is 23.3. The minimum atomic E-state index is -0.490. The van der Waals surface area contributed by atoms with Gasteiger partial charge in [0.05, 0.1) is 21.9 Å². The lowest BCUT2D eigenvalue weighted by atomic mass is 10.0. The fraction of sp³-hybridized carbons (Fsp3) is 0. The molecule has 3 heterocycles. The SMILES string of the molecule is N#CC(=Cc1ccc(-c2cc(Cl)ccc2Cl)o1)c1nc(-c2cc3c(ccc4ccccc43)oc2=O)cs1. The topological polar surface area (TPSA) is 80.0 Å². The zero-order valence-corrected chi connectivity index (χ0v) is 21.2. The van der Waals surface area contributed by atoms with Gasteiger partial charge in [-0.1, -0.05) is 53.5 Å². The normalized spacial score (nSPS) is 11.8. The zero-order valence-electron chi connectivity index (χ0n) is 18.9. The standard InChI is InChI=1S/C29H14Cl2N2O3S/c30-18-6-8-24(31)22(12-18)27-10-7-19(35-27)11-17(14-32)28-33-25(15-37-28)23-13-21-20-4-2-1-3-16(20)5-9-26(21)36-29(23)34/h1-13,15H. The molecule has 0 N–H and O–H groups in total. The van der Waals surface area contributed by atoms with E-state index in [0.717, 1.165) is 16.2 Å². The van der Waals surface area contributed by atoms with E-state index in [2.05, 4.69) is 11.1 Å². The van der Waals surface area contributed by atoms with Crippen LogP contribution >= 0.6 is 34.5 Å². The van der Waals surface area contributed by atoms with Crippen molar-refractivity contribution >= 4 is 67.9 Å². The number of nitriles is 1. The summed E-state index contributed by atoms with van der Waals surface area (Å²) in [6.45, 7) is 0. The number of aromatic nitrogens is 1. The van der Waals surface area contributed by atoms with Crippen molar-refractivity contribution in [1.29, 1.82) is 5.26 Å². The molecular formula is C29H14Cl2N2O3S. The van der Waals surface area contributed by atoms with Crippen molar-refractivity contribution in [2.75, 3.05) is 0 Å². The number of benzene rings is 3. The molecule has 0 saturated carbocycles. The molecule has 0 spiro atoms. The molecule has 0 aliphatic heterocycles. The van der Waals surface area contributed by atoms with Gasteiger partial charge in [0.1, 0.15) is 28.2 Å². The fourth-order valence-corrected chi connectivity index (χ4v) is 5.29. The number of allylic oxidation sites excluding steroid dienone is 1. The van der Waals surface area contributed by atoms with Crippen LogP contribution in [-0.4, -0.2) is 4.98 Å². The van der Waals surface area contributed by atoms with E-state index in [1.165, 1.54) is 11.3 Å². The fourth-order valence-electron chi connectivity index (χ4n) is 4.12. The third kappa shape index (κ3) is 4.34. The Hall–Kier alpha value is -4.15. The van der Waals surface area contributed by atoms with Crippen LogP contribution in [0.5, 0.6) is 0 Å². The highest BCUT2D eigenvalue weighted by Crippen LogP contribution is 2.34. The maximum absolute atomic E-state index is 12.8. The Labute approximate surface area is 224 Å². The maximum atomic E-state index is 12.8. The first-order valence-electron chi connectivity index (χ1n) is 11.1. The molecule has 6 rings (SSSR count). The molecule has 0 radical (unpaired) electrons. The molecule has 3 aromatic carbocycles. The van der Waals surface area contributed by atoms with Gasteiger partial charge in [-0.05, 0) is 53.2 Å². The molecule has 0 atom stereocenters. The van der Waals surface area contributed by atoms with Crippen LogP contribution in [0.25, 0.3) is 56.0 Å². The van der Waals surface area contributed by atoms with E-state index in [-0.39, 0.29) is 0 Å². The van der Waals surface area contributed by atoms with Gasteiger partial charge in [0.15, 0.2) is 0 Å². The van der Waals surface area contributed by atoms with Crippen LogP contribution in [0, 0.1) is 11.3 Å². The highest BCUT2D eigenvalue weighted by Gasteiger charge is 2.16. The molecule has 0 aliphatic carbocycles. The van der Waals surface area contributed by atoms with Crippen LogP contribution in [-0.2, 0) is 0 Å². The quantitative estimate of drug-likeness (QED) is 0.127. The summed E-state index contributed by atoms with van der Waals surface area (Å²) in [4.78, 5) is 17.4. The molecular weight excluding hydrogens is 527 g/mol. The van der Waals surface area contributed by atoms with Crippen molar-refractivity contribution in [2.45, 2.75) is 0 Å². The van der Waals surface area contributed by atoms with Gasteiger partial charge in [0.2, 0.25) is 0 Å². The summed E-state index contributed by atoms with van der Waals surface area (Å²) in [6.07, 6.45) is 1.60. The second-order valence-corrected chi connectivity index (χ2v) is 9.88. The molecule has 37 heavy (non-hydrogen) atoms. The highest BCUT2D eigenvalue weighted by atomic mass is 35.5. The van der Waals surface area contributed by atoms with E-state index in [0.29, 0.717) is 54.6 Å². The van der Waals surface area contributed by atoms with Gasteiger partial charge in [-0.15, -0.1) is 11.3 Å². The summed E-state index contributed by atoms with van der Waals surface area (Å²) >= 11 is 13.6. The van der Waals surface area contributed by atoms with Crippen LogP contribution in [0.3, 0.4) is 0 Å². The summed E-state index contributed by atoms with van der Waals surface area (Å²) in [5, 5.41) is 15.9. The number of hydrogen-bond acceptors (Lipinski definition) is 6. The van der Waals surface area contributed by atoms with Crippen LogP contribution in [0.1, 0.15) is 10.8 Å². The average Bonchev–Trinajstić information content (AvgIpc) is 3.58. The van der Waals surface area contributed by atoms with E-state index in [9.17, 15) is 10.1 Å². The Bertz CT molecular complexity index is 1960. The average molecular weight is 541 g/mol. The van der Waals surface area contributed by atoms with E-state index in [4.69, 9.17) is 32.0 Å². The van der Waals surface area contributed by atoms with Crippen molar-refractivity contribution in [3.63, 3.8) is 0 Å². The van der Waals surface area contributed by atoms with Crippen LogP contribution in [0.15, 0.2) is 91.8 Å². The van der Waals surface area contributed by atoms with Crippen LogP contribution < -0.4 is 5.63 Å². The molecule has 0 fully saturated rings. The second kappa shape index (κ2) is 9.38. The van der Waals surface area contributed by atoms with Crippen molar-refractivity contribution in [2.24, 2.45) is 0 Å². The number of rotatable bonds is 4. The molecule has 178 valence electrons. The minimum absolute atomic E-state index is 0.296. The van der Waals surface area contributed by atoms with Crippen LogP contribution in [0.4, 0.5) is 0 Å². The molecule has 0 unspecified atom stereocenters. The lowest BCUT2D eigenvalue weighted by molar-refractivity contribution is 0.563. The summed E-state index contributed by atoms with van der Waals surface area (Å²) < 4.78 is 11.5. The smallest absolute Gasteiger partial charge is 0.345 e. The Balaban J connectivity index is 1.38. The molecule has 3 aromatic heterocycles. The lowest BCUT2D eigenvalue weighted by Gasteiger charge is -2.04. The molecule has 0 bridgehead atoms. The molecule has 0 aliphatic rings. The van der Waals surface area contributed by atoms with E-state index < -0.39 is 5.63 Å². The van der Waals surface area contributed by atoms with Crippen molar-refractivity contribution in [3.8, 4) is 28.7 Å². The van der Waals surface area contributed by atoms with Gasteiger partial charge in [-0.25, -0.2) is 9.78 Å². The Kier molecular flexibility index (Phi) is 5.90. The Morgan fingerprint density at radius 2 is 1.81 bits per heavy atom. The monoisotopic (exact) mass is 540 g/mol. The van der Waals surface area contributed by atoms with Crippen LogP contribution in [0.2, 0.25) is 10.0 Å². The maximum Gasteiger partial charge on any atom is 0.345 e. The summed E-state index contributed by atoms with van der Waals surface area (Å²) in [7, 11) is 0. The number of halogens is 2. The van der Waals surface area contributed by atoms with Gasteiger partial charge >= 0.3 is 5.63 Å². The van der Waals surface area contributed by atoms with Gasteiger partial charge in [-0.3, -0.25) is 0 Å². The number of nitrogens with zero attached hydrogens (tertiary/aromatic N) is 2. The first-order valence-corrected chi connectivity index (χ1v) is 12.7. The van der Waals surface area contributed by atoms with Gasteiger partial charge < -0.3 is 8.83 Å². The molecule has 0 saturated heterocycles. The number of thiazole rings is 1. The van der Waals surface area contributed by atoms with Gasteiger partial charge in [0, 0.05) is 27.4 Å². The van der Waals surface area contributed by atoms with E-state index >= 15 is 0 Å². The highest BCUT2D eigenvalue weighted by molar-refractivity contribution is 7.11. The third-order valence-corrected chi connectivity index (χ3v) is 7.32. The summed E-state index contributed by atoms with van der Waals surface area (Å²) in [6, 6.07) is 24.2. The van der Waals surface area contributed by atoms with Crippen molar-refractivity contribution in [1.82, 2.24) is 4.98 Å². The Morgan fingerprint density at radius 3 is 2.68 bits per heavy atom. The van der Waals surface area contributed by atoms with Gasteiger partial charge in [-0.2, -0.15) is 5.26 Å². The number of hydrogen-bond donors (Lipinski definition) is 0. The van der Waals surface area contributed by atoms with Crippen molar-refractivity contribution in [3.05, 3.63) is 109 Å². The van der Waals surface area contributed by atoms with E-state index in [1.807, 2.05) is 30.3 Å². The molecule has 5 nitrogen and oxygen atoms in total. The predicted molar refractivity (Wildman–Crippen MR) is 149 cm³/mol. The number of furan rings is 1. The second-order valence-electron chi connectivity index (χ2n) is 8.18. The zero-order chi connectivity index (χ0) is 25.5. The molecule has 6 aromatic rings. The van der Waals surface area contributed by atoms with E-state index in [1.54, 1.807) is 53.9 Å². The third-order valence-electron chi connectivity index (χ3n) is 5.88. The van der Waals surface area contributed by atoms with Gasteiger partial charge in [0.25, 0.3) is 0 Å². The first-order chi connectivity index (χ1) is 18.0. The lowest BCUT2D eigenvalue weighted by Crippen LogP contribution is -2.03. The molecule has 8 heteroatoms. The summed E-state index contributed by atoms with van der Waals surface area (Å²) in [5.74, 6) is 0.980. The van der Waals surface area contributed by atoms with Crippen molar-refractivity contribution < 1.29 is 8.83 Å². The largest absolute Gasteiger partial charge is 0.457 e. The molecule has 0 amide bonds. The minimum Gasteiger partial charge on any atom is -0.457 e. The number of fused-ring (bicyclic) bond motifs is 3. The summed E-state index contributed by atoms with van der Waals surface area (Å²) in [5.41, 5.74) is 1.74.